The third kappa shape index (κ3) is 7.44. The van der Waals surface area contributed by atoms with Gasteiger partial charge in [-0.25, -0.2) is 0 Å². The normalized spacial score (nSPS) is 13.0. The Morgan fingerprint density at radius 1 is 0.293 bits per heavy atom. The molecule has 8 aromatic carbocycles. The molecule has 0 aromatic heterocycles. The van der Waals surface area contributed by atoms with Crippen LogP contribution in [0.1, 0.15) is 50.5 Å². The fourth-order valence-electron chi connectivity index (χ4n) is 9.25. The number of benzene rings is 8. The number of hydrogen-bond acceptors (Lipinski definition) is 3. The fraction of sp³-hybridized carbons (Fsp3) is 0.127. The third-order valence-corrected chi connectivity index (χ3v) is 11.8. The first-order chi connectivity index (χ1) is 28.6. The second-order valence-corrected chi connectivity index (χ2v) is 15.0. The number of rotatable bonds is 15. The molecular formula is C55H49NO2. The van der Waals surface area contributed by atoms with E-state index in [9.17, 15) is 10.2 Å². The molecule has 286 valence electrons. The lowest BCUT2D eigenvalue weighted by atomic mass is 9.64. The van der Waals surface area contributed by atoms with Gasteiger partial charge < -0.3 is 10.2 Å². The van der Waals surface area contributed by atoms with Gasteiger partial charge in [0.25, 0.3) is 0 Å². The molecule has 0 heterocycles. The summed E-state index contributed by atoms with van der Waals surface area (Å²) >= 11 is 0. The summed E-state index contributed by atoms with van der Waals surface area (Å²) < 4.78 is 0. The van der Waals surface area contributed by atoms with Crippen LogP contribution in [0.2, 0.25) is 0 Å². The molecule has 0 saturated carbocycles. The van der Waals surface area contributed by atoms with E-state index in [0.29, 0.717) is 0 Å². The molecule has 8 aromatic rings. The number of nitrogens with zero attached hydrogens (tertiary/aromatic N) is 1. The summed E-state index contributed by atoms with van der Waals surface area (Å²) in [6.07, 6.45) is -1.94. The minimum atomic E-state index is -0.971. The Labute approximate surface area is 343 Å². The first-order valence-electron chi connectivity index (χ1n) is 20.2. The highest BCUT2D eigenvalue weighted by atomic mass is 16.3. The van der Waals surface area contributed by atoms with E-state index in [-0.39, 0.29) is 19.1 Å². The predicted molar refractivity (Wildman–Crippen MR) is 237 cm³/mol. The van der Waals surface area contributed by atoms with Crippen LogP contribution < -0.4 is 0 Å². The zero-order chi connectivity index (χ0) is 39.6. The molecule has 0 saturated heterocycles. The zero-order valence-corrected chi connectivity index (χ0v) is 32.6. The highest BCUT2D eigenvalue weighted by Crippen LogP contribution is 2.46. The SMILES string of the molecule is O[C@@H](CN(C[C@H](O)C(c1ccccc1)(c1ccccc1)c1ccccc1)C(c1ccccc1)c1ccccc1)C(c1ccccc1)(c1ccccc1)c1ccccc1. The van der Waals surface area contributed by atoms with Crippen molar-refractivity contribution < 1.29 is 10.2 Å². The summed E-state index contributed by atoms with van der Waals surface area (Å²) in [4.78, 5) is 2.31. The standard InChI is InChI=1S/C55H49NO2/c57-51(54(45-29-13-3-14-30-45,46-31-15-4-16-32-46)47-33-17-5-18-34-47)41-56(53(43-25-9-1-10-26-43)44-27-11-2-12-28-44)42-52(58)55(48-35-19-6-20-36-48,49-37-21-7-22-38-49)50-39-23-8-24-40-50/h1-40,51-53,57-58H,41-42H2/t51-,52-/m0/s1. The molecule has 0 aliphatic rings. The Balaban J connectivity index is 1.36. The third-order valence-electron chi connectivity index (χ3n) is 11.8. The number of aliphatic hydroxyl groups is 2. The lowest BCUT2D eigenvalue weighted by molar-refractivity contribution is 0.0194. The summed E-state index contributed by atoms with van der Waals surface area (Å²) in [5.41, 5.74) is 6.16. The molecule has 0 aliphatic carbocycles. The molecule has 58 heavy (non-hydrogen) atoms. The number of aliphatic hydroxyl groups excluding tert-OH is 2. The van der Waals surface area contributed by atoms with E-state index in [1.54, 1.807) is 0 Å². The van der Waals surface area contributed by atoms with E-state index < -0.39 is 23.0 Å². The van der Waals surface area contributed by atoms with Crippen molar-refractivity contribution in [2.75, 3.05) is 13.1 Å². The fourth-order valence-corrected chi connectivity index (χ4v) is 9.25. The van der Waals surface area contributed by atoms with Gasteiger partial charge in [-0.05, 0) is 44.5 Å². The Bertz CT molecular complexity index is 2050. The first-order valence-corrected chi connectivity index (χ1v) is 20.2. The van der Waals surface area contributed by atoms with Crippen molar-refractivity contribution in [1.29, 1.82) is 0 Å². The van der Waals surface area contributed by atoms with Crippen LogP contribution in [0.4, 0.5) is 0 Å². The summed E-state index contributed by atoms with van der Waals surface area (Å²) in [5, 5.41) is 27.0. The highest BCUT2D eigenvalue weighted by Gasteiger charge is 2.48. The summed E-state index contributed by atoms with van der Waals surface area (Å²) in [6, 6.07) is 82.9. The van der Waals surface area contributed by atoms with Gasteiger partial charge >= 0.3 is 0 Å². The van der Waals surface area contributed by atoms with Gasteiger partial charge in [0.1, 0.15) is 0 Å². The highest BCUT2D eigenvalue weighted by molar-refractivity contribution is 5.54. The van der Waals surface area contributed by atoms with Crippen LogP contribution in [-0.4, -0.2) is 40.4 Å². The average Bonchev–Trinajstić information content (AvgIpc) is 3.30. The molecule has 0 unspecified atom stereocenters. The molecule has 0 bridgehead atoms. The Morgan fingerprint density at radius 3 is 0.690 bits per heavy atom. The van der Waals surface area contributed by atoms with Gasteiger partial charge in [-0.2, -0.15) is 0 Å². The Hall–Kier alpha value is -6.36. The summed E-state index contributed by atoms with van der Waals surface area (Å²) in [5.74, 6) is 0. The number of hydrogen-bond donors (Lipinski definition) is 2. The van der Waals surface area contributed by atoms with E-state index in [4.69, 9.17) is 0 Å². The minimum Gasteiger partial charge on any atom is -0.390 e. The smallest absolute Gasteiger partial charge is 0.0845 e. The van der Waals surface area contributed by atoms with Crippen LogP contribution in [0.25, 0.3) is 0 Å². The topological polar surface area (TPSA) is 43.7 Å². The predicted octanol–water partition coefficient (Wildman–Crippen LogP) is 10.9. The first kappa shape index (κ1) is 38.5. The average molecular weight is 756 g/mol. The van der Waals surface area contributed by atoms with Crippen molar-refractivity contribution in [2.24, 2.45) is 0 Å². The maximum atomic E-state index is 13.5. The Morgan fingerprint density at radius 2 is 0.483 bits per heavy atom. The van der Waals surface area contributed by atoms with Crippen LogP contribution in [-0.2, 0) is 10.8 Å². The second-order valence-electron chi connectivity index (χ2n) is 15.0. The van der Waals surface area contributed by atoms with Crippen molar-refractivity contribution in [3.63, 3.8) is 0 Å². The summed E-state index contributed by atoms with van der Waals surface area (Å²) in [7, 11) is 0. The van der Waals surface area contributed by atoms with Crippen LogP contribution in [0, 0.1) is 0 Å². The molecule has 3 nitrogen and oxygen atoms in total. The molecule has 8 rings (SSSR count). The maximum Gasteiger partial charge on any atom is 0.0845 e. The van der Waals surface area contributed by atoms with Crippen molar-refractivity contribution >= 4 is 0 Å². The van der Waals surface area contributed by atoms with Crippen LogP contribution in [0.3, 0.4) is 0 Å². The molecule has 0 spiro atoms. The van der Waals surface area contributed by atoms with Gasteiger partial charge in [0.2, 0.25) is 0 Å². The van der Waals surface area contributed by atoms with E-state index in [2.05, 4.69) is 199 Å². The molecule has 3 heteroatoms. The van der Waals surface area contributed by atoms with Gasteiger partial charge in [-0.3, -0.25) is 4.90 Å². The van der Waals surface area contributed by atoms with E-state index in [1.807, 2.05) is 48.5 Å². The quantitative estimate of drug-likeness (QED) is 0.102. The molecule has 0 radical (unpaired) electrons. The molecule has 2 atom stereocenters. The van der Waals surface area contributed by atoms with E-state index in [0.717, 1.165) is 44.5 Å². The minimum absolute atomic E-state index is 0.221. The van der Waals surface area contributed by atoms with Gasteiger partial charge in [0.15, 0.2) is 0 Å². The Kier molecular flexibility index (Phi) is 11.8. The molecule has 2 N–H and O–H groups in total. The lowest BCUT2D eigenvalue weighted by Gasteiger charge is -2.46. The van der Waals surface area contributed by atoms with Gasteiger partial charge in [0, 0.05) is 13.1 Å². The van der Waals surface area contributed by atoms with Gasteiger partial charge in [0.05, 0.1) is 29.1 Å². The van der Waals surface area contributed by atoms with Crippen molar-refractivity contribution in [3.05, 3.63) is 287 Å². The zero-order valence-electron chi connectivity index (χ0n) is 32.6. The second kappa shape index (κ2) is 17.8. The molecule has 0 fully saturated rings. The summed E-state index contributed by atoms with van der Waals surface area (Å²) in [6.45, 7) is 0.442. The van der Waals surface area contributed by atoms with Crippen LogP contribution in [0.15, 0.2) is 243 Å². The van der Waals surface area contributed by atoms with Gasteiger partial charge in [-0.1, -0.05) is 243 Å². The maximum absolute atomic E-state index is 13.5. The van der Waals surface area contributed by atoms with Crippen LogP contribution >= 0.6 is 0 Å². The van der Waals surface area contributed by atoms with Gasteiger partial charge in [-0.15, -0.1) is 0 Å². The lowest BCUT2D eigenvalue weighted by Crippen LogP contribution is -2.53. The molecule has 0 amide bonds. The largest absolute Gasteiger partial charge is 0.390 e. The van der Waals surface area contributed by atoms with Crippen molar-refractivity contribution in [3.8, 4) is 0 Å². The van der Waals surface area contributed by atoms with Crippen LogP contribution in [0.5, 0.6) is 0 Å². The van der Waals surface area contributed by atoms with E-state index in [1.165, 1.54) is 0 Å². The van der Waals surface area contributed by atoms with Crippen molar-refractivity contribution in [2.45, 2.75) is 29.1 Å². The molecular weight excluding hydrogens is 707 g/mol. The van der Waals surface area contributed by atoms with E-state index >= 15 is 0 Å². The van der Waals surface area contributed by atoms with Crippen molar-refractivity contribution in [1.82, 2.24) is 4.90 Å². The molecule has 0 aliphatic heterocycles. The monoisotopic (exact) mass is 755 g/mol.